The Morgan fingerprint density at radius 3 is 2.62 bits per heavy atom. The summed E-state index contributed by atoms with van der Waals surface area (Å²) in [6.45, 7) is 3.42. The van der Waals surface area contributed by atoms with Crippen molar-refractivity contribution < 1.29 is 14.6 Å². The van der Waals surface area contributed by atoms with Gasteiger partial charge in [-0.15, -0.1) is 0 Å². The molecule has 1 N–H and O–H groups in total. The van der Waals surface area contributed by atoms with Crippen LogP contribution in [-0.4, -0.2) is 30.2 Å². The molecule has 72 valence electrons. The van der Waals surface area contributed by atoms with Crippen LogP contribution in [0.25, 0.3) is 0 Å². The lowest BCUT2D eigenvalue weighted by Gasteiger charge is -2.26. The van der Waals surface area contributed by atoms with Gasteiger partial charge in [0.1, 0.15) is 11.2 Å². The minimum atomic E-state index is -1.12. The van der Waals surface area contributed by atoms with Crippen molar-refractivity contribution in [1.29, 1.82) is 5.26 Å². The van der Waals surface area contributed by atoms with Crippen LogP contribution < -0.4 is 0 Å². The maximum atomic E-state index is 11.2. The Labute approximate surface area is 77.1 Å². The van der Waals surface area contributed by atoms with Crippen LogP contribution in [0.5, 0.6) is 0 Å². The van der Waals surface area contributed by atoms with Crippen molar-refractivity contribution in [3.63, 3.8) is 0 Å². The molecule has 0 radical (unpaired) electrons. The molecule has 1 aliphatic rings. The molecular weight excluding hydrogens is 170 g/mol. The highest BCUT2D eigenvalue weighted by molar-refractivity contribution is 5.85. The van der Waals surface area contributed by atoms with Gasteiger partial charge in [0, 0.05) is 5.92 Å². The molecule has 0 spiro atoms. The molecule has 13 heavy (non-hydrogen) atoms. The van der Waals surface area contributed by atoms with Crippen LogP contribution in [0.15, 0.2) is 0 Å². The summed E-state index contributed by atoms with van der Waals surface area (Å²) < 4.78 is 5.01. The number of aliphatic hydroxyl groups excluding tert-OH is 1. The number of Topliss-reactive ketones (excluding diaryl/α,β-unsaturated/α-hetero) is 1. The fourth-order valence-electron chi connectivity index (χ4n) is 1.52. The second-order valence-corrected chi connectivity index (χ2v) is 3.58. The first kappa shape index (κ1) is 10.2. The number of rotatable bonds is 2. The van der Waals surface area contributed by atoms with E-state index in [9.17, 15) is 9.90 Å². The molecule has 0 amide bonds. The van der Waals surface area contributed by atoms with Gasteiger partial charge >= 0.3 is 0 Å². The second kappa shape index (κ2) is 3.44. The lowest BCUT2D eigenvalue weighted by atomic mass is 9.74. The monoisotopic (exact) mass is 183 g/mol. The number of ether oxygens (including phenoxy) is 1. The standard InChI is InChI=1S/C9H13NO3/c1-6(11)9(2,5-10)7-3-13-4-8(7)12/h7-8,12H,3-4H2,1-2H3. The molecule has 4 heteroatoms. The largest absolute Gasteiger partial charge is 0.390 e. The van der Waals surface area contributed by atoms with Crippen LogP contribution in [0.2, 0.25) is 0 Å². The maximum absolute atomic E-state index is 11.2. The van der Waals surface area contributed by atoms with E-state index in [1.165, 1.54) is 6.92 Å². The van der Waals surface area contributed by atoms with Crippen LogP contribution in [0, 0.1) is 22.7 Å². The van der Waals surface area contributed by atoms with E-state index in [1.807, 2.05) is 6.07 Å². The number of carbonyl (C=O) groups excluding carboxylic acids is 1. The highest BCUT2D eigenvalue weighted by Crippen LogP contribution is 2.34. The quantitative estimate of drug-likeness (QED) is 0.659. The number of nitriles is 1. The summed E-state index contributed by atoms with van der Waals surface area (Å²) in [5.74, 6) is -0.612. The molecule has 1 saturated heterocycles. The smallest absolute Gasteiger partial charge is 0.150 e. The van der Waals surface area contributed by atoms with Crippen molar-refractivity contribution in [2.45, 2.75) is 20.0 Å². The summed E-state index contributed by atoms with van der Waals surface area (Å²) in [6, 6.07) is 1.96. The lowest BCUT2D eigenvalue weighted by Crippen LogP contribution is -2.39. The predicted molar refractivity (Wildman–Crippen MR) is 44.7 cm³/mol. The summed E-state index contributed by atoms with van der Waals surface area (Å²) in [5.41, 5.74) is -1.12. The Morgan fingerprint density at radius 1 is 1.69 bits per heavy atom. The van der Waals surface area contributed by atoms with Gasteiger partial charge in [0.2, 0.25) is 0 Å². The van der Waals surface area contributed by atoms with Crippen molar-refractivity contribution in [2.24, 2.45) is 11.3 Å². The highest BCUT2D eigenvalue weighted by Gasteiger charge is 2.45. The van der Waals surface area contributed by atoms with Crippen LogP contribution in [0.1, 0.15) is 13.8 Å². The predicted octanol–water partition coefficient (Wildman–Crippen LogP) is 0.113. The Kier molecular flexibility index (Phi) is 2.69. The Balaban J connectivity index is 2.90. The second-order valence-electron chi connectivity index (χ2n) is 3.58. The lowest BCUT2D eigenvalue weighted by molar-refractivity contribution is -0.126. The topological polar surface area (TPSA) is 70.3 Å². The third kappa shape index (κ3) is 1.58. The van der Waals surface area contributed by atoms with Crippen molar-refractivity contribution in [1.82, 2.24) is 0 Å². The normalized spacial score (nSPS) is 32.2. The van der Waals surface area contributed by atoms with E-state index in [2.05, 4.69) is 0 Å². The number of hydrogen-bond acceptors (Lipinski definition) is 4. The third-order valence-corrected chi connectivity index (χ3v) is 2.76. The summed E-state index contributed by atoms with van der Waals surface area (Å²) in [6.07, 6.45) is -0.700. The number of aliphatic hydroxyl groups is 1. The number of carbonyl (C=O) groups is 1. The number of hydrogen-bond donors (Lipinski definition) is 1. The average molecular weight is 183 g/mol. The third-order valence-electron chi connectivity index (χ3n) is 2.76. The van der Waals surface area contributed by atoms with E-state index in [1.54, 1.807) is 6.92 Å². The molecule has 0 aromatic heterocycles. The Hall–Kier alpha value is -0.920. The van der Waals surface area contributed by atoms with E-state index in [-0.39, 0.29) is 19.0 Å². The first-order valence-corrected chi connectivity index (χ1v) is 4.20. The number of ketones is 1. The molecule has 0 aromatic carbocycles. The van der Waals surface area contributed by atoms with Gasteiger partial charge in [-0.25, -0.2) is 0 Å². The van der Waals surface area contributed by atoms with Crippen LogP contribution in [0.4, 0.5) is 0 Å². The van der Waals surface area contributed by atoms with Crippen molar-refractivity contribution in [3.8, 4) is 6.07 Å². The summed E-state index contributed by atoms with van der Waals surface area (Å²) in [7, 11) is 0. The van der Waals surface area contributed by atoms with E-state index < -0.39 is 17.4 Å². The molecule has 0 bridgehead atoms. The molecule has 1 aliphatic heterocycles. The van der Waals surface area contributed by atoms with Gasteiger partial charge < -0.3 is 9.84 Å². The van der Waals surface area contributed by atoms with Crippen molar-refractivity contribution in [2.75, 3.05) is 13.2 Å². The van der Waals surface area contributed by atoms with Gasteiger partial charge in [0.15, 0.2) is 0 Å². The fourth-order valence-corrected chi connectivity index (χ4v) is 1.52. The summed E-state index contributed by atoms with van der Waals surface area (Å²) in [4.78, 5) is 11.2. The van der Waals surface area contributed by atoms with Gasteiger partial charge in [0.25, 0.3) is 0 Å². The molecule has 0 aromatic rings. The highest BCUT2D eigenvalue weighted by atomic mass is 16.5. The molecule has 3 unspecified atom stereocenters. The van der Waals surface area contributed by atoms with E-state index >= 15 is 0 Å². The zero-order valence-corrected chi connectivity index (χ0v) is 7.78. The molecule has 0 aliphatic carbocycles. The minimum absolute atomic E-state index is 0.217. The molecule has 0 saturated carbocycles. The SMILES string of the molecule is CC(=O)C(C)(C#N)C1COCC1O. The Morgan fingerprint density at radius 2 is 2.31 bits per heavy atom. The molecule has 1 heterocycles. The van der Waals surface area contributed by atoms with Gasteiger partial charge in [0.05, 0.1) is 25.4 Å². The molecule has 4 nitrogen and oxygen atoms in total. The van der Waals surface area contributed by atoms with Gasteiger partial charge in [-0.1, -0.05) is 0 Å². The van der Waals surface area contributed by atoms with E-state index in [0.717, 1.165) is 0 Å². The van der Waals surface area contributed by atoms with Gasteiger partial charge in [-0.3, -0.25) is 4.79 Å². The van der Waals surface area contributed by atoms with Gasteiger partial charge in [-0.2, -0.15) is 5.26 Å². The maximum Gasteiger partial charge on any atom is 0.150 e. The summed E-state index contributed by atoms with van der Waals surface area (Å²) >= 11 is 0. The zero-order chi connectivity index (χ0) is 10.1. The van der Waals surface area contributed by atoms with Crippen LogP contribution in [-0.2, 0) is 9.53 Å². The van der Waals surface area contributed by atoms with Crippen LogP contribution >= 0.6 is 0 Å². The van der Waals surface area contributed by atoms with E-state index in [0.29, 0.717) is 0 Å². The fraction of sp³-hybridized carbons (Fsp3) is 0.778. The minimum Gasteiger partial charge on any atom is -0.390 e. The molecule has 1 fully saturated rings. The zero-order valence-electron chi connectivity index (χ0n) is 7.78. The van der Waals surface area contributed by atoms with E-state index in [4.69, 9.17) is 10.00 Å². The van der Waals surface area contributed by atoms with Crippen molar-refractivity contribution >= 4 is 5.78 Å². The molecule has 1 rings (SSSR count). The van der Waals surface area contributed by atoms with Crippen LogP contribution in [0.3, 0.4) is 0 Å². The molecule has 3 atom stereocenters. The Bertz CT molecular complexity index is 258. The van der Waals surface area contributed by atoms with Gasteiger partial charge in [-0.05, 0) is 13.8 Å². The summed E-state index contributed by atoms with van der Waals surface area (Å²) in [5, 5.41) is 18.4. The first-order valence-electron chi connectivity index (χ1n) is 4.20. The average Bonchev–Trinajstić information content (AvgIpc) is 2.50. The molecular formula is C9H13NO3. The number of nitrogens with zero attached hydrogens (tertiary/aromatic N) is 1. The van der Waals surface area contributed by atoms with Crippen molar-refractivity contribution in [3.05, 3.63) is 0 Å². The first-order chi connectivity index (χ1) is 6.02.